The minimum absolute atomic E-state index is 0.230. The van der Waals surface area contributed by atoms with Gasteiger partial charge in [0, 0.05) is 6.61 Å². The van der Waals surface area contributed by atoms with Gasteiger partial charge in [0.05, 0.1) is 6.10 Å². The maximum atomic E-state index is 6.91. The largest absolute Gasteiger partial charge is 0.417 e. The van der Waals surface area contributed by atoms with Crippen molar-refractivity contribution in [1.29, 1.82) is 0 Å². The van der Waals surface area contributed by atoms with Crippen molar-refractivity contribution < 1.29 is 8.85 Å². The van der Waals surface area contributed by atoms with Gasteiger partial charge in [-0.05, 0) is 66.9 Å². The zero-order valence-corrected chi connectivity index (χ0v) is 22.4. The second-order valence-electron chi connectivity index (χ2n) is 12.0. The van der Waals surface area contributed by atoms with Crippen LogP contribution in [0.15, 0.2) is 12.2 Å². The van der Waals surface area contributed by atoms with Crippen LogP contribution in [0.1, 0.15) is 68.2 Å². The summed E-state index contributed by atoms with van der Waals surface area (Å²) in [5, 5.41) is 0.506. The predicted octanol–water partition coefficient (Wildman–Crippen LogP) is 7.64. The maximum absolute atomic E-state index is 6.91. The van der Waals surface area contributed by atoms with Crippen molar-refractivity contribution in [1.82, 2.24) is 0 Å². The minimum atomic E-state index is -1.80. The highest BCUT2D eigenvalue weighted by molar-refractivity contribution is 6.74. The molecule has 160 valence electrons. The van der Waals surface area contributed by atoms with Crippen LogP contribution in [0.3, 0.4) is 0 Å². The quantitative estimate of drug-likeness (QED) is 0.329. The smallest absolute Gasteiger partial charge is 0.192 e. The fraction of sp³-hybridized carbons (Fsp3) is 0.913. The molecule has 1 aliphatic rings. The molecule has 0 heterocycles. The summed E-state index contributed by atoms with van der Waals surface area (Å²) in [4.78, 5) is 0. The van der Waals surface area contributed by atoms with Crippen molar-refractivity contribution in [3.63, 3.8) is 0 Å². The Bertz CT molecular complexity index is 497. The van der Waals surface area contributed by atoms with Crippen molar-refractivity contribution in [2.75, 3.05) is 6.61 Å². The first kappa shape index (κ1) is 25.1. The fourth-order valence-electron chi connectivity index (χ4n) is 3.09. The molecule has 0 saturated heterocycles. The van der Waals surface area contributed by atoms with Crippen molar-refractivity contribution >= 4 is 16.6 Å². The van der Waals surface area contributed by atoms with Crippen LogP contribution in [-0.2, 0) is 8.85 Å². The molecule has 4 heteroatoms. The monoisotopic (exact) mass is 412 g/mol. The van der Waals surface area contributed by atoms with Gasteiger partial charge in [-0.2, -0.15) is 0 Å². The Kier molecular flexibility index (Phi) is 8.24. The molecule has 0 aromatic carbocycles. The zero-order valence-electron chi connectivity index (χ0n) is 20.4. The average molecular weight is 413 g/mol. The molecule has 1 rings (SSSR count). The van der Waals surface area contributed by atoms with Crippen molar-refractivity contribution in [3.8, 4) is 0 Å². The van der Waals surface area contributed by atoms with Gasteiger partial charge in [-0.3, -0.25) is 0 Å². The van der Waals surface area contributed by atoms with E-state index in [0.717, 1.165) is 6.61 Å². The Morgan fingerprint density at radius 1 is 0.889 bits per heavy atom. The Labute approximate surface area is 172 Å². The van der Waals surface area contributed by atoms with Crippen molar-refractivity contribution in [3.05, 3.63) is 12.2 Å². The lowest BCUT2D eigenvalue weighted by Crippen LogP contribution is -2.47. The van der Waals surface area contributed by atoms with E-state index in [4.69, 9.17) is 8.85 Å². The van der Waals surface area contributed by atoms with E-state index in [-0.39, 0.29) is 16.2 Å². The Balaban J connectivity index is 2.94. The van der Waals surface area contributed by atoms with Crippen LogP contribution >= 0.6 is 0 Å². The molecule has 0 saturated carbocycles. The summed E-state index contributed by atoms with van der Waals surface area (Å²) in [6.07, 6.45) is 7.48. The SMILES string of the molecule is C[C@@H]1C=C[C@H](O[Si](C)(C)C(C)(C)C)[C@H]([C@H](C)CO[Si](C)(C)C(C)(C)C)CC1. The normalized spacial score (nSPS) is 26.7. The maximum Gasteiger partial charge on any atom is 0.192 e. The molecule has 1 aliphatic carbocycles. The van der Waals surface area contributed by atoms with E-state index in [2.05, 4.69) is 93.7 Å². The van der Waals surface area contributed by atoms with Crippen LogP contribution < -0.4 is 0 Å². The first-order valence-electron chi connectivity index (χ1n) is 11.0. The van der Waals surface area contributed by atoms with E-state index in [9.17, 15) is 0 Å². The van der Waals surface area contributed by atoms with E-state index < -0.39 is 16.6 Å². The second-order valence-corrected chi connectivity index (χ2v) is 21.6. The molecule has 0 N–H and O–H groups in total. The molecule has 0 amide bonds. The Hall–Kier alpha value is 0.0938. The van der Waals surface area contributed by atoms with Gasteiger partial charge in [-0.25, -0.2) is 0 Å². The van der Waals surface area contributed by atoms with E-state index >= 15 is 0 Å². The molecule has 0 aromatic rings. The van der Waals surface area contributed by atoms with E-state index in [1.165, 1.54) is 12.8 Å². The molecular weight excluding hydrogens is 364 g/mol. The molecular formula is C23H48O2Si2. The number of allylic oxidation sites excluding steroid dienone is 1. The lowest BCUT2D eigenvalue weighted by molar-refractivity contribution is 0.0891. The number of hydrogen-bond acceptors (Lipinski definition) is 2. The molecule has 0 aliphatic heterocycles. The van der Waals surface area contributed by atoms with Crippen LogP contribution in [0.2, 0.25) is 36.3 Å². The molecule has 27 heavy (non-hydrogen) atoms. The number of rotatable bonds is 6. The van der Waals surface area contributed by atoms with Crippen LogP contribution in [-0.4, -0.2) is 29.3 Å². The second kappa shape index (κ2) is 8.85. The Morgan fingerprint density at radius 3 is 1.89 bits per heavy atom. The summed E-state index contributed by atoms with van der Waals surface area (Å²) in [6, 6.07) is 0. The van der Waals surface area contributed by atoms with Gasteiger partial charge in [0.2, 0.25) is 0 Å². The first-order valence-corrected chi connectivity index (χ1v) is 16.8. The topological polar surface area (TPSA) is 18.5 Å². The van der Waals surface area contributed by atoms with E-state index in [1.807, 2.05) is 0 Å². The van der Waals surface area contributed by atoms with Crippen molar-refractivity contribution in [2.45, 2.75) is 111 Å². The molecule has 2 nitrogen and oxygen atoms in total. The molecule has 0 unspecified atom stereocenters. The average Bonchev–Trinajstić information content (AvgIpc) is 2.64. The van der Waals surface area contributed by atoms with Crippen LogP contribution in [0.5, 0.6) is 0 Å². The zero-order chi connectivity index (χ0) is 21.3. The fourth-order valence-corrected chi connectivity index (χ4v) is 5.49. The highest BCUT2D eigenvalue weighted by atomic mass is 28.4. The van der Waals surface area contributed by atoms with Crippen LogP contribution in [0.25, 0.3) is 0 Å². The molecule has 0 radical (unpaired) electrons. The third-order valence-electron chi connectivity index (χ3n) is 7.49. The predicted molar refractivity (Wildman–Crippen MR) is 125 cm³/mol. The number of hydrogen-bond donors (Lipinski definition) is 0. The summed E-state index contributed by atoms with van der Waals surface area (Å²) < 4.78 is 13.5. The lowest BCUT2D eigenvalue weighted by Gasteiger charge is -2.42. The van der Waals surface area contributed by atoms with Gasteiger partial charge in [-0.1, -0.05) is 67.5 Å². The summed E-state index contributed by atoms with van der Waals surface area (Å²) in [6.45, 7) is 29.0. The molecule has 0 fully saturated rings. The van der Waals surface area contributed by atoms with Gasteiger partial charge in [-0.15, -0.1) is 0 Å². The summed E-state index contributed by atoms with van der Waals surface area (Å²) in [5.41, 5.74) is 0. The van der Waals surface area contributed by atoms with Crippen LogP contribution in [0, 0.1) is 17.8 Å². The third-order valence-corrected chi connectivity index (χ3v) is 16.5. The van der Waals surface area contributed by atoms with Gasteiger partial charge in [0.15, 0.2) is 16.6 Å². The minimum Gasteiger partial charge on any atom is -0.417 e. The van der Waals surface area contributed by atoms with Crippen LogP contribution in [0.4, 0.5) is 0 Å². The van der Waals surface area contributed by atoms with E-state index in [1.54, 1.807) is 0 Å². The molecule has 0 spiro atoms. The van der Waals surface area contributed by atoms with Gasteiger partial charge in [0.1, 0.15) is 0 Å². The highest BCUT2D eigenvalue weighted by Crippen LogP contribution is 2.41. The third kappa shape index (κ3) is 6.83. The molecule has 0 aromatic heterocycles. The molecule has 4 atom stereocenters. The highest BCUT2D eigenvalue weighted by Gasteiger charge is 2.42. The first-order chi connectivity index (χ1) is 12.0. The van der Waals surface area contributed by atoms with Gasteiger partial charge < -0.3 is 8.85 Å². The standard InChI is InChI=1S/C23H48O2Si2/c1-18-13-15-20(19(2)17-24-26(9,10)22(3,4)5)21(16-14-18)25-27(11,12)23(6,7)8/h14,16,18-21H,13,15,17H2,1-12H3/t18-,19+,20-,21-/m0/s1. The Morgan fingerprint density at radius 2 is 1.41 bits per heavy atom. The summed E-state index contributed by atoms with van der Waals surface area (Å²) in [7, 11) is -3.50. The molecule has 0 bridgehead atoms. The summed E-state index contributed by atoms with van der Waals surface area (Å²) in [5.74, 6) is 1.71. The van der Waals surface area contributed by atoms with E-state index in [0.29, 0.717) is 17.8 Å². The van der Waals surface area contributed by atoms with Gasteiger partial charge >= 0.3 is 0 Å². The summed E-state index contributed by atoms with van der Waals surface area (Å²) >= 11 is 0. The van der Waals surface area contributed by atoms with Gasteiger partial charge in [0.25, 0.3) is 0 Å². The van der Waals surface area contributed by atoms with Crippen molar-refractivity contribution in [2.24, 2.45) is 17.8 Å². The lowest BCUT2D eigenvalue weighted by atomic mass is 9.86.